The molecule has 74 valence electrons. The van der Waals surface area contributed by atoms with Crippen molar-refractivity contribution in [3.05, 3.63) is 28.5 Å². The molecule has 0 saturated carbocycles. The minimum absolute atomic E-state index is 0.0131. The maximum atomic E-state index is 11.1. The number of methoxy groups -OCH3 is 1. The van der Waals surface area contributed by atoms with Gasteiger partial charge in [-0.3, -0.25) is 4.79 Å². The van der Waals surface area contributed by atoms with Gasteiger partial charge in [-0.1, -0.05) is 11.6 Å². The number of pyridine rings is 1. The maximum Gasteiger partial charge on any atom is 0.358 e. The largest absolute Gasteiger partial charge is 0.464 e. The monoisotopic (exact) mass is 213 g/mol. The Labute approximate surface area is 85.9 Å². The predicted octanol–water partition coefficient (Wildman–Crippen LogP) is 1.72. The lowest BCUT2D eigenvalue weighted by atomic mass is 10.2. The Kier molecular flexibility index (Phi) is 3.19. The molecule has 0 N–H and O–H groups in total. The molecule has 0 radical (unpaired) electrons. The summed E-state index contributed by atoms with van der Waals surface area (Å²) < 4.78 is 4.45. The molecule has 0 aromatic carbocycles. The highest BCUT2D eigenvalue weighted by molar-refractivity contribution is 6.33. The number of hydrogen-bond donors (Lipinski definition) is 0. The quantitative estimate of drug-likeness (QED) is 0.555. The molecule has 0 unspecified atom stereocenters. The van der Waals surface area contributed by atoms with Crippen LogP contribution in [0.5, 0.6) is 0 Å². The van der Waals surface area contributed by atoms with Crippen molar-refractivity contribution in [2.45, 2.75) is 6.92 Å². The smallest absolute Gasteiger partial charge is 0.358 e. The molecular formula is C9H8ClNO3. The van der Waals surface area contributed by atoms with Crippen LogP contribution < -0.4 is 0 Å². The van der Waals surface area contributed by atoms with Gasteiger partial charge in [0.2, 0.25) is 0 Å². The summed E-state index contributed by atoms with van der Waals surface area (Å²) in [6, 6.07) is 1.39. The van der Waals surface area contributed by atoms with Crippen LogP contribution in [0.3, 0.4) is 0 Å². The van der Waals surface area contributed by atoms with Crippen molar-refractivity contribution in [2.75, 3.05) is 7.11 Å². The van der Waals surface area contributed by atoms with Crippen molar-refractivity contribution in [3.63, 3.8) is 0 Å². The topological polar surface area (TPSA) is 56.3 Å². The van der Waals surface area contributed by atoms with Crippen molar-refractivity contribution in [1.82, 2.24) is 4.98 Å². The van der Waals surface area contributed by atoms with Crippen LogP contribution in [-0.4, -0.2) is 23.8 Å². The first-order chi connectivity index (χ1) is 6.56. The third-order valence-corrected chi connectivity index (χ3v) is 1.91. The summed E-state index contributed by atoms with van der Waals surface area (Å²) >= 11 is 5.73. The highest BCUT2D eigenvalue weighted by Crippen LogP contribution is 2.16. The summed E-state index contributed by atoms with van der Waals surface area (Å²) in [5, 5.41) is 0.115. The number of aromatic nitrogens is 1. The molecule has 0 amide bonds. The molecule has 0 aliphatic heterocycles. The van der Waals surface area contributed by atoms with E-state index < -0.39 is 5.97 Å². The molecule has 1 aromatic rings. The second-order valence-corrected chi connectivity index (χ2v) is 3.01. The maximum absolute atomic E-state index is 11.1. The SMILES string of the molecule is COC(=O)c1ncc(C(C)=O)cc1Cl. The summed E-state index contributed by atoms with van der Waals surface area (Å²) in [5.74, 6) is -0.777. The van der Waals surface area contributed by atoms with Crippen LogP contribution >= 0.6 is 11.6 Å². The number of esters is 1. The number of rotatable bonds is 2. The Morgan fingerprint density at radius 1 is 1.50 bits per heavy atom. The average molecular weight is 214 g/mol. The lowest BCUT2D eigenvalue weighted by molar-refractivity contribution is 0.0594. The average Bonchev–Trinajstić information content (AvgIpc) is 2.16. The van der Waals surface area contributed by atoms with Gasteiger partial charge in [0, 0.05) is 11.8 Å². The van der Waals surface area contributed by atoms with Crippen molar-refractivity contribution in [1.29, 1.82) is 0 Å². The van der Waals surface area contributed by atoms with Crippen LogP contribution in [0.2, 0.25) is 5.02 Å². The van der Waals surface area contributed by atoms with Crippen molar-refractivity contribution in [3.8, 4) is 0 Å². The molecule has 1 aromatic heterocycles. The van der Waals surface area contributed by atoms with E-state index in [4.69, 9.17) is 11.6 Å². The normalized spacial score (nSPS) is 9.64. The van der Waals surface area contributed by atoms with Gasteiger partial charge in [0.1, 0.15) is 0 Å². The molecule has 0 atom stereocenters. The van der Waals surface area contributed by atoms with Gasteiger partial charge in [-0.05, 0) is 13.0 Å². The molecule has 1 rings (SSSR count). The van der Waals surface area contributed by atoms with Gasteiger partial charge in [0.15, 0.2) is 11.5 Å². The van der Waals surface area contributed by atoms with E-state index in [1.807, 2.05) is 0 Å². The predicted molar refractivity (Wildman–Crippen MR) is 50.6 cm³/mol. The third kappa shape index (κ3) is 2.09. The van der Waals surface area contributed by atoms with Gasteiger partial charge in [0.05, 0.1) is 12.1 Å². The van der Waals surface area contributed by atoms with Gasteiger partial charge in [-0.25, -0.2) is 9.78 Å². The minimum atomic E-state index is -0.620. The summed E-state index contributed by atoms with van der Waals surface area (Å²) in [5.41, 5.74) is 0.377. The van der Waals surface area contributed by atoms with E-state index in [-0.39, 0.29) is 16.5 Å². The van der Waals surface area contributed by atoms with Gasteiger partial charge in [0.25, 0.3) is 0 Å². The zero-order chi connectivity index (χ0) is 10.7. The van der Waals surface area contributed by atoms with Crippen LogP contribution in [0.4, 0.5) is 0 Å². The number of nitrogens with zero attached hydrogens (tertiary/aromatic N) is 1. The number of carbonyl (C=O) groups excluding carboxylic acids is 2. The van der Waals surface area contributed by atoms with E-state index in [0.29, 0.717) is 5.56 Å². The fourth-order valence-corrected chi connectivity index (χ4v) is 1.12. The lowest BCUT2D eigenvalue weighted by Gasteiger charge is -2.01. The number of Topliss-reactive ketones (excluding diaryl/α,β-unsaturated/α-hetero) is 1. The number of carbonyl (C=O) groups is 2. The van der Waals surface area contributed by atoms with Crippen LogP contribution in [0.25, 0.3) is 0 Å². The molecule has 0 aliphatic carbocycles. The molecule has 5 heteroatoms. The van der Waals surface area contributed by atoms with Crippen molar-refractivity contribution >= 4 is 23.4 Å². The lowest BCUT2D eigenvalue weighted by Crippen LogP contribution is -2.06. The van der Waals surface area contributed by atoms with Crippen LogP contribution in [0.1, 0.15) is 27.8 Å². The van der Waals surface area contributed by atoms with Gasteiger partial charge in [-0.2, -0.15) is 0 Å². The van der Waals surface area contributed by atoms with Crippen LogP contribution in [-0.2, 0) is 4.74 Å². The van der Waals surface area contributed by atoms with E-state index >= 15 is 0 Å². The number of hydrogen-bond acceptors (Lipinski definition) is 4. The molecule has 0 bridgehead atoms. The first-order valence-electron chi connectivity index (χ1n) is 3.81. The molecular weight excluding hydrogens is 206 g/mol. The fraction of sp³-hybridized carbons (Fsp3) is 0.222. The molecule has 4 nitrogen and oxygen atoms in total. The summed E-state index contributed by atoms with van der Waals surface area (Å²) in [6.45, 7) is 1.39. The highest BCUT2D eigenvalue weighted by Gasteiger charge is 2.13. The third-order valence-electron chi connectivity index (χ3n) is 1.63. The number of ether oxygens (including phenoxy) is 1. The molecule has 0 spiro atoms. The van der Waals surface area contributed by atoms with Crippen molar-refractivity contribution < 1.29 is 14.3 Å². The Bertz CT molecular complexity index is 390. The van der Waals surface area contributed by atoms with Gasteiger partial charge in [-0.15, -0.1) is 0 Å². The molecule has 14 heavy (non-hydrogen) atoms. The van der Waals surface area contributed by atoms with E-state index in [1.165, 1.54) is 26.3 Å². The van der Waals surface area contributed by atoms with Crippen molar-refractivity contribution in [2.24, 2.45) is 0 Å². The van der Waals surface area contributed by atoms with Gasteiger partial charge >= 0.3 is 5.97 Å². The minimum Gasteiger partial charge on any atom is -0.464 e. The summed E-state index contributed by atoms with van der Waals surface area (Å²) in [7, 11) is 1.24. The Hall–Kier alpha value is -1.42. The molecule has 1 heterocycles. The molecule has 0 fully saturated rings. The first kappa shape index (κ1) is 10.7. The standard InChI is InChI=1S/C9H8ClNO3/c1-5(12)6-3-7(10)8(11-4-6)9(13)14-2/h3-4H,1-2H3. The second kappa shape index (κ2) is 4.19. The van der Waals surface area contributed by atoms with Crippen LogP contribution in [0.15, 0.2) is 12.3 Å². The summed E-state index contributed by atoms with van der Waals surface area (Å²) in [6.07, 6.45) is 1.29. The Morgan fingerprint density at radius 2 is 2.14 bits per heavy atom. The van der Waals surface area contributed by atoms with E-state index in [2.05, 4.69) is 9.72 Å². The zero-order valence-electron chi connectivity index (χ0n) is 7.70. The summed E-state index contributed by atoms with van der Waals surface area (Å²) in [4.78, 5) is 25.7. The van der Waals surface area contributed by atoms with E-state index in [1.54, 1.807) is 0 Å². The highest BCUT2D eigenvalue weighted by atomic mass is 35.5. The second-order valence-electron chi connectivity index (χ2n) is 2.60. The Balaban J connectivity index is 3.14. The number of ketones is 1. The fourth-order valence-electron chi connectivity index (χ4n) is 0.877. The molecule has 0 saturated heterocycles. The Morgan fingerprint density at radius 3 is 2.57 bits per heavy atom. The molecule has 0 aliphatic rings. The van der Waals surface area contributed by atoms with Gasteiger partial charge < -0.3 is 4.74 Å². The zero-order valence-corrected chi connectivity index (χ0v) is 8.46. The first-order valence-corrected chi connectivity index (χ1v) is 4.19. The van der Waals surface area contributed by atoms with E-state index in [9.17, 15) is 9.59 Å². The number of halogens is 1. The van der Waals surface area contributed by atoms with E-state index in [0.717, 1.165) is 0 Å². The van der Waals surface area contributed by atoms with Crippen LogP contribution in [0, 0.1) is 0 Å².